The molecule has 0 spiro atoms. The molecule has 0 amide bonds. The molecule has 0 N–H and O–H groups in total. The van der Waals surface area contributed by atoms with Crippen molar-refractivity contribution in [2.75, 3.05) is 11.9 Å². The van der Waals surface area contributed by atoms with Gasteiger partial charge in [-0.3, -0.25) is 0 Å². The van der Waals surface area contributed by atoms with E-state index in [4.69, 9.17) is 13.1 Å². The Labute approximate surface area is 134 Å². The fourth-order valence-corrected chi connectivity index (χ4v) is 2.50. The van der Waals surface area contributed by atoms with E-state index in [1.165, 1.54) is 24.1 Å². The predicted molar refractivity (Wildman–Crippen MR) is 88.5 cm³/mol. The molecule has 0 aliphatic carbocycles. The van der Waals surface area contributed by atoms with Crippen LogP contribution in [0.15, 0.2) is 60.7 Å². The zero-order valence-electron chi connectivity index (χ0n) is 11.6. The minimum atomic E-state index is 0.501. The summed E-state index contributed by atoms with van der Waals surface area (Å²) in [7, 11) is 0. The molecule has 3 nitrogen and oxygen atoms in total. The molecule has 0 heterocycles. The maximum absolute atomic E-state index is 5.48. The van der Waals surface area contributed by atoms with Crippen LogP contribution in [0.2, 0.25) is 0 Å². The largest absolute Gasteiger partial charge is 0.364 e. The molecule has 0 unspecified atom stereocenters. The number of hydrogen-bond acceptors (Lipinski definition) is 5. The third-order valence-electron chi connectivity index (χ3n) is 2.58. The first-order chi connectivity index (χ1) is 10.4. The van der Waals surface area contributed by atoms with Crippen molar-refractivity contribution < 1.29 is 13.1 Å². The van der Waals surface area contributed by atoms with Crippen LogP contribution < -0.4 is 0 Å². The number of ether oxygens (including phenoxy) is 2. The highest BCUT2D eigenvalue weighted by Crippen LogP contribution is 2.16. The van der Waals surface area contributed by atoms with E-state index >= 15 is 0 Å². The van der Waals surface area contributed by atoms with Gasteiger partial charge in [0.05, 0.1) is 13.2 Å². The third kappa shape index (κ3) is 7.55. The van der Waals surface area contributed by atoms with Crippen LogP contribution in [0.4, 0.5) is 0 Å². The van der Waals surface area contributed by atoms with Gasteiger partial charge in [0, 0.05) is 24.1 Å². The lowest BCUT2D eigenvalue weighted by Crippen LogP contribution is -1.93. The molecule has 0 saturated heterocycles. The normalized spacial score (nSPS) is 10.7. The van der Waals surface area contributed by atoms with Gasteiger partial charge in [0.25, 0.3) is 0 Å². The van der Waals surface area contributed by atoms with Crippen LogP contribution in [-0.4, -0.2) is 11.9 Å². The van der Waals surface area contributed by atoms with Gasteiger partial charge in [-0.1, -0.05) is 60.7 Å². The molecule has 0 radical (unpaired) electrons. The fourth-order valence-electron chi connectivity index (χ4n) is 1.61. The van der Waals surface area contributed by atoms with Crippen LogP contribution in [0.5, 0.6) is 0 Å². The monoisotopic (exact) mass is 322 g/mol. The first-order valence-corrected chi connectivity index (χ1v) is 8.42. The van der Waals surface area contributed by atoms with Gasteiger partial charge in [-0.2, -0.15) is 0 Å². The van der Waals surface area contributed by atoms with E-state index < -0.39 is 0 Å². The summed E-state index contributed by atoms with van der Waals surface area (Å²) in [4.78, 5) is 0. The second kappa shape index (κ2) is 10.7. The van der Waals surface area contributed by atoms with Crippen LogP contribution >= 0.6 is 24.1 Å². The molecule has 0 atom stereocenters. The summed E-state index contributed by atoms with van der Waals surface area (Å²) in [6, 6.07) is 20.2. The highest BCUT2D eigenvalue weighted by atomic mass is 32.2. The Morgan fingerprint density at radius 1 is 0.619 bits per heavy atom. The molecule has 2 rings (SSSR count). The maximum Gasteiger partial charge on any atom is 0.120 e. The van der Waals surface area contributed by atoms with Crippen LogP contribution in [0.3, 0.4) is 0 Å². The Kier molecular flexibility index (Phi) is 8.36. The Hall–Kier alpha value is -0.980. The lowest BCUT2D eigenvalue weighted by molar-refractivity contribution is 0.164. The molecule has 2 aromatic rings. The number of rotatable bonds is 10. The van der Waals surface area contributed by atoms with Crippen LogP contribution in [0, 0.1) is 0 Å². The van der Waals surface area contributed by atoms with Crippen molar-refractivity contribution in [1.82, 2.24) is 0 Å². The lowest BCUT2D eigenvalue weighted by Gasteiger charge is -2.05. The van der Waals surface area contributed by atoms with Gasteiger partial charge in [0.1, 0.15) is 11.9 Å². The topological polar surface area (TPSA) is 27.7 Å². The predicted octanol–water partition coefficient (Wildman–Crippen LogP) is 4.65. The van der Waals surface area contributed by atoms with Crippen LogP contribution in [0.25, 0.3) is 0 Å². The quantitative estimate of drug-likeness (QED) is 0.361. The molecule has 0 aromatic heterocycles. The van der Waals surface area contributed by atoms with Gasteiger partial charge in [0.15, 0.2) is 0 Å². The second-order valence-electron chi connectivity index (χ2n) is 4.21. The second-order valence-corrected chi connectivity index (χ2v) is 5.69. The standard InChI is InChI=1S/C16H18O3S2/c1-3-7-15(8-4-1)11-17-13-20-19-21-14-18-12-16-9-5-2-6-10-16/h1-10H,11-14H2. The van der Waals surface area contributed by atoms with Crippen molar-refractivity contribution >= 4 is 24.1 Å². The third-order valence-corrected chi connectivity index (χ3v) is 3.88. The van der Waals surface area contributed by atoms with Crippen molar-refractivity contribution in [3.63, 3.8) is 0 Å². The summed E-state index contributed by atoms with van der Waals surface area (Å²) in [5.74, 6) is 1.00. The summed E-state index contributed by atoms with van der Waals surface area (Å²) in [6.45, 7) is 1.21. The number of hydrogen-bond donors (Lipinski definition) is 0. The van der Waals surface area contributed by atoms with Crippen LogP contribution in [-0.2, 0) is 26.3 Å². The average Bonchev–Trinajstić information content (AvgIpc) is 2.55. The molecular weight excluding hydrogens is 304 g/mol. The van der Waals surface area contributed by atoms with E-state index in [-0.39, 0.29) is 0 Å². The molecule has 0 bridgehead atoms. The van der Waals surface area contributed by atoms with Gasteiger partial charge in [0.2, 0.25) is 0 Å². The molecule has 0 aliphatic heterocycles. The zero-order valence-corrected chi connectivity index (χ0v) is 13.3. The van der Waals surface area contributed by atoms with E-state index in [0.717, 1.165) is 11.1 Å². The van der Waals surface area contributed by atoms with Gasteiger partial charge in [-0.15, -0.1) is 0 Å². The number of benzene rings is 2. The molecule has 112 valence electrons. The van der Waals surface area contributed by atoms with E-state index in [9.17, 15) is 0 Å². The fraction of sp³-hybridized carbons (Fsp3) is 0.250. The smallest absolute Gasteiger partial charge is 0.120 e. The molecule has 0 aliphatic rings. The first-order valence-electron chi connectivity index (χ1n) is 6.59. The summed E-state index contributed by atoms with van der Waals surface area (Å²) in [5.41, 5.74) is 2.33. The van der Waals surface area contributed by atoms with Crippen molar-refractivity contribution in [2.24, 2.45) is 0 Å². The first kappa shape index (κ1) is 16.4. The average molecular weight is 322 g/mol. The maximum atomic E-state index is 5.48. The highest BCUT2D eigenvalue weighted by Gasteiger charge is 1.95. The molecule has 21 heavy (non-hydrogen) atoms. The van der Waals surface area contributed by atoms with Crippen molar-refractivity contribution in [1.29, 1.82) is 0 Å². The van der Waals surface area contributed by atoms with E-state index in [1.807, 2.05) is 60.7 Å². The Morgan fingerprint density at radius 2 is 1.05 bits per heavy atom. The van der Waals surface area contributed by atoms with E-state index in [0.29, 0.717) is 25.1 Å². The molecule has 0 saturated carbocycles. The van der Waals surface area contributed by atoms with Crippen molar-refractivity contribution in [3.05, 3.63) is 71.8 Å². The van der Waals surface area contributed by atoms with Gasteiger partial charge in [-0.05, 0) is 11.1 Å². The van der Waals surface area contributed by atoms with E-state index in [1.54, 1.807) is 0 Å². The minimum Gasteiger partial charge on any atom is -0.364 e. The minimum absolute atomic E-state index is 0.501. The summed E-state index contributed by atoms with van der Waals surface area (Å²) >= 11 is 2.56. The van der Waals surface area contributed by atoms with Gasteiger partial charge >= 0.3 is 0 Å². The van der Waals surface area contributed by atoms with Gasteiger partial charge < -0.3 is 9.47 Å². The zero-order chi connectivity index (χ0) is 14.6. The Bertz CT molecular complexity index is 434. The molecule has 5 heteroatoms. The SMILES string of the molecule is c1ccc(COCSOSCOCc2ccccc2)cc1. The Balaban J connectivity index is 1.40. The highest BCUT2D eigenvalue weighted by molar-refractivity contribution is 8.07. The van der Waals surface area contributed by atoms with Crippen molar-refractivity contribution in [3.8, 4) is 0 Å². The van der Waals surface area contributed by atoms with Crippen molar-refractivity contribution in [2.45, 2.75) is 13.2 Å². The summed E-state index contributed by atoms with van der Waals surface area (Å²) in [6.07, 6.45) is 0. The molecule has 2 aromatic carbocycles. The lowest BCUT2D eigenvalue weighted by atomic mass is 10.2. The summed E-state index contributed by atoms with van der Waals surface area (Å²) < 4.78 is 16.3. The summed E-state index contributed by atoms with van der Waals surface area (Å²) in [5, 5.41) is 0. The Morgan fingerprint density at radius 3 is 1.48 bits per heavy atom. The van der Waals surface area contributed by atoms with Crippen LogP contribution in [0.1, 0.15) is 11.1 Å². The molecular formula is C16H18O3S2. The molecule has 0 fully saturated rings. The van der Waals surface area contributed by atoms with Gasteiger partial charge in [-0.25, -0.2) is 3.63 Å². The van der Waals surface area contributed by atoms with E-state index in [2.05, 4.69) is 0 Å².